The summed E-state index contributed by atoms with van der Waals surface area (Å²) >= 11 is 0. The molecule has 187 valence electrons. The smallest absolute Gasteiger partial charge is 0.257 e. The zero-order valence-electron chi connectivity index (χ0n) is 21.3. The third-order valence-corrected chi connectivity index (χ3v) is 6.60. The number of carbonyl (C=O) groups excluding carboxylic acids is 3. The van der Waals surface area contributed by atoms with Crippen LogP contribution >= 0.6 is 0 Å². The van der Waals surface area contributed by atoms with Crippen LogP contribution in [0.15, 0.2) is 36.4 Å². The van der Waals surface area contributed by atoms with Crippen molar-refractivity contribution < 1.29 is 19.1 Å². The molecule has 3 rings (SSSR count). The molecule has 1 aliphatic heterocycles. The number of fused-ring (bicyclic) bond motifs is 1. The summed E-state index contributed by atoms with van der Waals surface area (Å²) in [6.45, 7) is 8.88. The number of nitrogens with two attached hydrogens (primary N) is 1. The molecular weight excluding hydrogens is 444 g/mol. The van der Waals surface area contributed by atoms with Gasteiger partial charge in [-0.3, -0.25) is 14.4 Å². The minimum atomic E-state index is -0.580. The van der Waals surface area contributed by atoms with Crippen LogP contribution in [0.25, 0.3) is 0 Å². The van der Waals surface area contributed by atoms with Crippen LogP contribution in [0.1, 0.15) is 61.0 Å². The number of amides is 3. The normalized spacial score (nSPS) is 18.7. The molecule has 35 heavy (non-hydrogen) atoms. The van der Waals surface area contributed by atoms with Gasteiger partial charge >= 0.3 is 0 Å². The van der Waals surface area contributed by atoms with Crippen LogP contribution in [0.4, 0.5) is 5.69 Å². The first-order chi connectivity index (χ1) is 16.4. The summed E-state index contributed by atoms with van der Waals surface area (Å²) in [5.41, 5.74) is 7.81. The van der Waals surface area contributed by atoms with Crippen molar-refractivity contribution in [2.45, 2.75) is 45.1 Å². The molecule has 8 heteroatoms. The summed E-state index contributed by atoms with van der Waals surface area (Å²) in [6.07, 6.45) is 0. The highest BCUT2D eigenvalue weighted by molar-refractivity contribution is 6.00. The van der Waals surface area contributed by atoms with Gasteiger partial charge in [0.15, 0.2) is 6.61 Å². The van der Waals surface area contributed by atoms with Gasteiger partial charge in [0.25, 0.3) is 5.91 Å². The lowest BCUT2D eigenvalue weighted by Crippen LogP contribution is -2.55. The van der Waals surface area contributed by atoms with Crippen LogP contribution in [0.2, 0.25) is 0 Å². The maximum atomic E-state index is 12.8. The number of carbonyl (C=O) groups is 3. The van der Waals surface area contributed by atoms with Crippen LogP contribution in [0.5, 0.6) is 5.75 Å². The molecule has 0 saturated heterocycles. The lowest BCUT2D eigenvalue weighted by atomic mass is 9.66. The molecule has 0 bridgehead atoms. The molecule has 2 unspecified atom stereocenters. The van der Waals surface area contributed by atoms with Crippen LogP contribution in [-0.4, -0.2) is 62.0 Å². The van der Waals surface area contributed by atoms with E-state index in [4.69, 9.17) is 10.5 Å². The number of hydrogen-bond acceptors (Lipinski definition) is 5. The topological polar surface area (TPSA) is 105 Å². The van der Waals surface area contributed by atoms with Gasteiger partial charge in [-0.05, 0) is 69.3 Å². The fourth-order valence-electron chi connectivity index (χ4n) is 5.25. The molecule has 1 heterocycles. The van der Waals surface area contributed by atoms with E-state index in [1.807, 2.05) is 70.1 Å². The number of ether oxygens (including phenoxy) is 1. The number of primary amides is 1. The monoisotopic (exact) mass is 479 g/mol. The molecule has 1 radical (unpaired) electrons. The van der Waals surface area contributed by atoms with E-state index in [9.17, 15) is 14.4 Å². The average Bonchev–Trinajstić information content (AvgIpc) is 2.77. The molecule has 2 aromatic carbocycles. The fourth-order valence-corrected chi connectivity index (χ4v) is 5.25. The summed E-state index contributed by atoms with van der Waals surface area (Å²) in [5, 5.41) is 2.82. The van der Waals surface area contributed by atoms with Gasteiger partial charge in [-0.1, -0.05) is 25.1 Å². The molecule has 0 spiro atoms. The van der Waals surface area contributed by atoms with Crippen molar-refractivity contribution in [1.29, 1.82) is 0 Å². The lowest BCUT2D eigenvalue weighted by Gasteiger charge is -2.52. The lowest BCUT2D eigenvalue weighted by molar-refractivity contribution is -0.123. The maximum Gasteiger partial charge on any atom is 0.257 e. The Balaban J connectivity index is 1.87. The highest BCUT2D eigenvalue weighted by Gasteiger charge is 2.48. The Morgan fingerprint density at radius 2 is 1.83 bits per heavy atom. The van der Waals surface area contributed by atoms with E-state index in [1.54, 1.807) is 11.0 Å². The average molecular weight is 480 g/mol. The van der Waals surface area contributed by atoms with E-state index in [-0.39, 0.29) is 30.3 Å². The molecule has 3 N–H and O–H groups in total. The van der Waals surface area contributed by atoms with Gasteiger partial charge < -0.3 is 25.6 Å². The third-order valence-electron chi connectivity index (χ3n) is 6.60. The van der Waals surface area contributed by atoms with Crippen LogP contribution < -0.4 is 20.7 Å². The quantitative estimate of drug-likeness (QED) is 0.606. The molecule has 1 aliphatic rings. The SMILES string of the molecule is CC(=O)N1c2cc[c]c(C(N)=O)c2C(C)C(c2ccc(OCC(=O)NCCN(C)C)cc2)C1(C)C. The molecule has 0 aromatic heterocycles. The van der Waals surface area contributed by atoms with Crippen LogP contribution in [0.3, 0.4) is 0 Å². The van der Waals surface area contributed by atoms with Crippen molar-refractivity contribution >= 4 is 23.4 Å². The summed E-state index contributed by atoms with van der Waals surface area (Å²) in [4.78, 5) is 40.7. The van der Waals surface area contributed by atoms with Gasteiger partial charge in [-0.2, -0.15) is 0 Å². The standard InChI is InChI=1S/C27H35N4O4/c1-17-24-21(26(28)34)8-7-9-22(24)31(18(2)32)27(3,4)25(17)19-10-12-20(13-11-19)35-16-23(33)29-14-15-30(5)6/h7,9-13,17,25H,14-16H2,1-6H3,(H2,28,34)(H,29,33). The predicted molar refractivity (Wildman–Crippen MR) is 136 cm³/mol. The summed E-state index contributed by atoms with van der Waals surface area (Å²) in [7, 11) is 3.89. The van der Waals surface area contributed by atoms with E-state index in [0.29, 0.717) is 23.5 Å². The second-order valence-corrected chi connectivity index (χ2v) is 9.80. The summed E-state index contributed by atoms with van der Waals surface area (Å²) in [6, 6.07) is 14.0. The molecule has 2 atom stereocenters. The molecule has 3 amide bonds. The summed E-state index contributed by atoms with van der Waals surface area (Å²) < 4.78 is 5.66. The first kappa shape index (κ1) is 26.2. The molecule has 0 saturated carbocycles. The Labute approximate surface area is 207 Å². The number of likely N-dealkylation sites (N-methyl/N-ethyl adjacent to an activating group) is 1. The van der Waals surface area contributed by atoms with Crippen molar-refractivity contribution in [2.24, 2.45) is 5.73 Å². The van der Waals surface area contributed by atoms with Gasteiger partial charge in [0, 0.05) is 37.2 Å². The zero-order valence-corrected chi connectivity index (χ0v) is 21.3. The van der Waals surface area contributed by atoms with Gasteiger partial charge in [-0.25, -0.2) is 0 Å². The van der Waals surface area contributed by atoms with E-state index in [2.05, 4.69) is 11.4 Å². The van der Waals surface area contributed by atoms with E-state index < -0.39 is 11.4 Å². The van der Waals surface area contributed by atoms with Crippen molar-refractivity contribution in [2.75, 3.05) is 38.7 Å². The second kappa shape index (κ2) is 10.5. The molecular formula is C27H35N4O4. The fraction of sp³-hybridized carbons (Fsp3) is 0.444. The minimum Gasteiger partial charge on any atom is -0.484 e. The Kier molecular flexibility index (Phi) is 7.85. The van der Waals surface area contributed by atoms with Crippen LogP contribution in [-0.2, 0) is 9.59 Å². The van der Waals surface area contributed by atoms with Crippen LogP contribution in [0, 0.1) is 6.07 Å². The molecule has 0 aliphatic carbocycles. The third kappa shape index (κ3) is 5.48. The second-order valence-electron chi connectivity index (χ2n) is 9.80. The van der Waals surface area contributed by atoms with Crippen molar-refractivity contribution in [1.82, 2.24) is 10.2 Å². The highest BCUT2D eigenvalue weighted by Crippen LogP contribution is 2.53. The van der Waals surface area contributed by atoms with Crippen molar-refractivity contribution in [3.8, 4) is 5.75 Å². The Hall–Kier alpha value is -3.39. The Bertz CT molecular complexity index is 1090. The van der Waals surface area contributed by atoms with E-state index >= 15 is 0 Å². The maximum absolute atomic E-state index is 12.8. The van der Waals surface area contributed by atoms with Gasteiger partial charge in [0.1, 0.15) is 5.75 Å². The van der Waals surface area contributed by atoms with E-state index in [1.165, 1.54) is 6.92 Å². The summed E-state index contributed by atoms with van der Waals surface area (Å²) in [5.74, 6) is -0.520. The number of anilines is 1. The highest BCUT2D eigenvalue weighted by atomic mass is 16.5. The number of nitrogens with one attached hydrogen (secondary N) is 1. The molecule has 0 fully saturated rings. The van der Waals surface area contributed by atoms with Gasteiger partial charge in [0.05, 0.1) is 5.56 Å². The number of benzene rings is 2. The minimum absolute atomic E-state index is 0.0681. The number of nitrogens with zero attached hydrogens (tertiary/aromatic N) is 2. The van der Waals surface area contributed by atoms with E-state index in [0.717, 1.165) is 17.7 Å². The number of rotatable bonds is 8. The predicted octanol–water partition coefficient (Wildman–Crippen LogP) is 2.67. The largest absolute Gasteiger partial charge is 0.484 e. The first-order valence-corrected chi connectivity index (χ1v) is 11.7. The van der Waals surface area contributed by atoms with Gasteiger partial charge in [0.2, 0.25) is 11.8 Å². The molecule has 8 nitrogen and oxygen atoms in total. The number of hydrogen-bond donors (Lipinski definition) is 2. The first-order valence-electron chi connectivity index (χ1n) is 11.7. The van der Waals surface area contributed by atoms with Crippen molar-refractivity contribution in [3.63, 3.8) is 0 Å². The van der Waals surface area contributed by atoms with Gasteiger partial charge in [-0.15, -0.1) is 0 Å². The Morgan fingerprint density at radius 1 is 1.17 bits per heavy atom. The Morgan fingerprint density at radius 3 is 2.40 bits per heavy atom. The molecule has 2 aromatic rings. The zero-order chi connectivity index (χ0) is 25.9. The van der Waals surface area contributed by atoms with Crippen molar-refractivity contribution in [3.05, 3.63) is 59.2 Å².